The van der Waals surface area contributed by atoms with E-state index in [2.05, 4.69) is 10.1 Å². The molecule has 3 N–H and O–H groups in total. The van der Waals surface area contributed by atoms with E-state index in [-0.39, 0.29) is 11.8 Å². The fourth-order valence-electron chi connectivity index (χ4n) is 1.34. The lowest BCUT2D eigenvalue weighted by atomic mass is 10.2. The number of imidazole rings is 1. The van der Waals surface area contributed by atoms with Crippen LogP contribution >= 0.6 is 11.6 Å². The van der Waals surface area contributed by atoms with Crippen molar-refractivity contribution in [2.75, 3.05) is 13.7 Å². The third-order valence-corrected chi connectivity index (χ3v) is 2.53. The third kappa shape index (κ3) is 1.71. The van der Waals surface area contributed by atoms with Crippen LogP contribution in [0, 0.1) is 0 Å². The maximum Gasteiger partial charge on any atom is 0.231 e. The highest BCUT2D eigenvalue weighted by molar-refractivity contribution is 6.30. The highest BCUT2D eigenvalue weighted by Gasteiger charge is 2.17. The molecule has 0 saturated carbocycles. The fourth-order valence-corrected chi connectivity index (χ4v) is 1.64. The number of ether oxygens (including phenoxy) is 1. The number of aliphatic hydroxyl groups is 1. The van der Waals surface area contributed by atoms with Crippen LogP contribution in [0.3, 0.4) is 0 Å². The van der Waals surface area contributed by atoms with Gasteiger partial charge in [-0.15, -0.1) is 5.10 Å². The van der Waals surface area contributed by atoms with Gasteiger partial charge in [0.15, 0.2) is 10.8 Å². The minimum atomic E-state index is -0.611. The summed E-state index contributed by atoms with van der Waals surface area (Å²) in [5, 5.41) is 13.3. The first kappa shape index (κ1) is 11.1. The van der Waals surface area contributed by atoms with E-state index in [0.717, 1.165) is 0 Å². The molecule has 2 aromatic heterocycles. The zero-order valence-corrected chi connectivity index (χ0v) is 9.35. The first-order chi connectivity index (χ1) is 7.67. The number of halogens is 1. The molecule has 0 spiro atoms. The number of hydrogen-bond acceptors (Lipinski definition) is 5. The number of aromatic nitrogens is 3. The van der Waals surface area contributed by atoms with E-state index in [0.29, 0.717) is 17.2 Å². The molecule has 1 atom stereocenters. The average molecular weight is 243 g/mol. The Bertz CT molecular complexity index is 513. The van der Waals surface area contributed by atoms with Crippen LogP contribution in [0.15, 0.2) is 12.1 Å². The lowest BCUT2D eigenvalue weighted by Gasteiger charge is -2.03. The summed E-state index contributed by atoms with van der Waals surface area (Å²) in [7, 11) is 1.51. The van der Waals surface area contributed by atoms with Crippen molar-refractivity contribution in [1.82, 2.24) is 14.6 Å². The van der Waals surface area contributed by atoms with E-state index < -0.39 is 6.04 Å². The summed E-state index contributed by atoms with van der Waals surface area (Å²) in [6.07, 6.45) is 0. The quantitative estimate of drug-likeness (QED) is 0.813. The second-order valence-corrected chi connectivity index (χ2v) is 3.58. The third-order valence-electron chi connectivity index (χ3n) is 2.18. The van der Waals surface area contributed by atoms with Crippen LogP contribution in [0.5, 0.6) is 5.88 Å². The predicted molar refractivity (Wildman–Crippen MR) is 58.6 cm³/mol. The minimum absolute atomic E-state index is 0.221. The molecule has 0 aliphatic carbocycles. The van der Waals surface area contributed by atoms with Crippen molar-refractivity contribution < 1.29 is 9.84 Å². The Morgan fingerprint density at radius 1 is 1.62 bits per heavy atom. The Balaban J connectivity index is 2.59. The number of methoxy groups -OCH3 is 1. The lowest BCUT2D eigenvalue weighted by Crippen LogP contribution is -2.15. The van der Waals surface area contributed by atoms with Crippen molar-refractivity contribution in [2.45, 2.75) is 6.04 Å². The first-order valence-corrected chi connectivity index (χ1v) is 5.00. The van der Waals surface area contributed by atoms with Gasteiger partial charge in [-0.05, 0) is 6.07 Å². The van der Waals surface area contributed by atoms with E-state index in [1.54, 1.807) is 12.1 Å². The van der Waals surface area contributed by atoms with Crippen molar-refractivity contribution in [1.29, 1.82) is 0 Å². The van der Waals surface area contributed by atoms with Gasteiger partial charge in [0.25, 0.3) is 0 Å². The molecular formula is C9H11ClN4O2. The summed E-state index contributed by atoms with van der Waals surface area (Å²) in [6, 6.07) is 2.78. The Kier molecular flexibility index (Phi) is 2.95. The molecular weight excluding hydrogens is 232 g/mol. The largest absolute Gasteiger partial charge is 0.480 e. The van der Waals surface area contributed by atoms with Crippen LogP contribution in [-0.4, -0.2) is 33.4 Å². The fraction of sp³-hybridized carbons (Fsp3) is 0.333. The molecule has 0 bridgehead atoms. The van der Waals surface area contributed by atoms with Crippen molar-refractivity contribution in [3.63, 3.8) is 0 Å². The SMILES string of the molecule is COc1ccc2nc(C(N)CO)c(Cl)n2n1. The Hall–Kier alpha value is -1.37. The van der Waals surface area contributed by atoms with Crippen molar-refractivity contribution in [2.24, 2.45) is 5.73 Å². The number of rotatable bonds is 3. The summed E-state index contributed by atoms with van der Waals surface area (Å²) in [6.45, 7) is -0.221. The first-order valence-electron chi connectivity index (χ1n) is 4.63. The molecule has 7 heteroatoms. The van der Waals surface area contributed by atoms with Crippen LogP contribution in [0.1, 0.15) is 11.7 Å². The Morgan fingerprint density at radius 2 is 2.38 bits per heavy atom. The van der Waals surface area contributed by atoms with Gasteiger partial charge in [0.2, 0.25) is 5.88 Å². The van der Waals surface area contributed by atoms with E-state index >= 15 is 0 Å². The van der Waals surface area contributed by atoms with Gasteiger partial charge in [0.05, 0.1) is 25.5 Å². The smallest absolute Gasteiger partial charge is 0.231 e. The van der Waals surface area contributed by atoms with Gasteiger partial charge in [0, 0.05) is 6.07 Å². The molecule has 0 saturated heterocycles. The molecule has 0 amide bonds. The second-order valence-electron chi connectivity index (χ2n) is 3.22. The number of nitrogens with zero attached hydrogens (tertiary/aromatic N) is 3. The predicted octanol–water partition coefficient (Wildman–Crippen LogP) is 0.383. The Labute approximate surface area is 96.6 Å². The highest BCUT2D eigenvalue weighted by Crippen LogP contribution is 2.22. The molecule has 86 valence electrons. The molecule has 6 nitrogen and oxygen atoms in total. The summed E-state index contributed by atoms with van der Waals surface area (Å²) in [4.78, 5) is 4.19. The highest BCUT2D eigenvalue weighted by atomic mass is 35.5. The van der Waals surface area contributed by atoms with Crippen molar-refractivity contribution in [3.8, 4) is 5.88 Å². The molecule has 2 aromatic rings. The molecule has 0 fully saturated rings. The average Bonchev–Trinajstić information content (AvgIpc) is 2.65. The molecule has 2 heterocycles. The van der Waals surface area contributed by atoms with Gasteiger partial charge in [-0.25, -0.2) is 4.98 Å². The van der Waals surface area contributed by atoms with Gasteiger partial charge in [0.1, 0.15) is 0 Å². The van der Waals surface area contributed by atoms with Crippen LogP contribution < -0.4 is 10.5 Å². The topological polar surface area (TPSA) is 85.7 Å². The maximum atomic E-state index is 8.96. The molecule has 0 aliphatic rings. The minimum Gasteiger partial charge on any atom is -0.480 e. The van der Waals surface area contributed by atoms with Gasteiger partial charge in [-0.1, -0.05) is 11.6 Å². The summed E-state index contributed by atoms with van der Waals surface area (Å²) in [5.41, 5.74) is 6.64. The van der Waals surface area contributed by atoms with Crippen LogP contribution in [0.2, 0.25) is 5.15 Å². The molecule has 1 unspecified atom stereocenters. The van der Waals surface area contributed by atoms with E-state index in [1.165, 1.54) is 11.6 Å². The maximum absolute atomic E-state index is 8.96. The number of nitrogens with two attached hydrogens (primary N) is 1. The normalized spacial score (nSPS) is 13.0. The van der Waals surface area contributed by atoms with Crippen LogP contribution in [0.25, 0.3) is 5.65 Å². The lowest BCUT2D eigenvalue weighted by molar-refractivity contribution is 0.266. The zero-order chi connectivity index (χ0) is 11.7. The standard InChI is InChI=1S/C9H11ClN4O2/c1-16-7-3-2-6-12-8(5(11)4-15)9(10)14(6)13-7/h2-3,5,15H,4,11H2,1H3. The van der Waals surface area contributed by atoms with E-state index in [4.69, 9.17) is 27.2 Å². The zero-order valence-electron chi connectivity index (χ0n) is 8.59. The molecule has 0 aromatic carbocycles. The Morgan fingerprint density at radius 3 is 3.00 bits per heavy atom. The van der Waals surface area contributed by atoms with E-state index in [1.807, 2.05) is 0 Å². The molecule has 0 radical (unpaired) electrons. The number of aliphatic hydroxyl groups excluding tert-OH is 1. The summed E-state index contributed by atoms with van der Waals surface area (Å²) >= 11 is 6.05. The van der Waals surface area contributed by atoms with Gasteiger partial charge in [-0.3, -0.25) is 0 Å². The van der Waals surface area contributed by atoms with Crippen molar-refractivity contribution >= 4 is 17.2 Å². The van der Waals surface area contributed by atoms with Gasteiger partial charge >= 0.3 is 0 Å². The van der Waals surface area contributed by atoms with E-state index in [9.17, 15) is 0 Å². The van der Waals surface area contributed by atoms with Crippen LogP contribution in [0.4, 0.5) is 0 Å². The monoisotopic (exact) mass is 242 g/mol. The second kappa shape index (κ2) is 4.25. The van der Waals surface area contributed by atoms with Crippen molar-refractivity contribution in [3.05, 3.63) is 23.0 Å². The molecule has 0 aliphatic heterocycles. The summed E-state index contributed by atoms with van der Waals surface area (Å²) < 4.78 is 6.40. The number of fused-ring (bicyclic) bond motifs is 1. The van der Waals surface area contributed by atoms with Gasteiger partial charge in [-0.2, -0.15) is 4.52 Å². The molecule has 16 heavy (non-hydrogen) atoms. The number of hydrogen-bond donors (Lipinski definition) is 2. The van der Waals surface area contributed by atoms with Crippen LogP contribution in [-0.2, 0) is 0 Å². The molecule has 2 rings (SSSR count). The van der Waals surface area contributed by atoms with Gasteiger partial charge < -0.3 is 15.6 Å². The summed E-state index contributed by atoms with van der Waals surface area (Å²) in [5.74, 6) is 0.427.